The van der Waals surface area contributed by atoms with E-state index in [-0.39, 0.29) is 5.75 Å². The lowest BCUT2D eigenvalue weighted by Gasteiger charge is -2.04. The van der Waals surface area contributed by atoms with E-state index in [2.05, 4.69) is 15.8 Å². The van der Waals surface area contributed by atoms with Gasteiger partial charge in [-0.1, -0.05) is 18.2 Å². The number of phenols is 1. The van der Waals surface area contributed by atoms with Crippen LogP contribution in [0.5, 0.6) is 11.5 Å². The molecule has 0 aliphatic rings. The van der Waals surface area contributed by atoms with Gasteiger partial charge in [-0.05, 0) is 35.9 Å². The molecular weight excluding hydrogens is 270 g/mol. The van der Waals surface area contributed by atoms with Crippen molar-refractivity contribution < 1.29 is 14.6 Å². The van der Waals surface area contributed by atoms with Gasteiger partial charge in [0.1, 0.15) is 0 Å². The zero-order chi connectivity index (χ0) is 15.1. The summed E-state index contributed by atoms with van der Waals surface area (Å²) in [4.78, 5) is 11.6. The third-order valence-corrected chi connectivity index (χ3v) is 2.62. The van der Waals surface area contributed by atoms with E-state index in [1.165, 1.54) is 19.4 Å². The maximum Gasteiger partial charge on any atom is 0.339 e. The summed E-state index contributed by atoms with van der Waals surface area (Å²) in [5.74, 6) is 0.386. The molecule has 6 nitrogen and oxygen atoms in total. The second-order valence-corrected chi connectivity index (χ2v) is 4.12. The van der Waals surface area contributed by atoms with Gasteiger partial charge in [0, 0.05) is 5.69 Å². The van der Waals surface area contributed by atoms with Gasteiger partial charge in [0.25, 0.3) is 0 Å². The number of rotatable bonds is 4. The van der Waals surface area contributed by atoms with Crippen molar-refractivity contribution in [1.29, 1.82) is 0 Å². The predicted molar refractivity (Wildman–Crippen MR) is 80.8 cm³/mol. The monoisotopic (exact) mass is 285 g/mol. The Morgan fingerprint density at radius 3 is 2.71 bits per heavy atom. The quantitative estimate of drug-likeness (QED) is 0.596. The Balaban J connectivity index is 1.91. The molecule has 0 fully saturated rings. The Bertz CT molecular complexity index is 642. The third-order valence-electron chi connectivity index (χ3n) is 2.62. The van der Waals surface area contributed by atoms with Crippen LogP contribution in [0.3, 0.4) is 0 Å². The lowest BCUT2D eigenvalue weighted by molar-refractivity contribution is 0.252. The minimum Gasteiger partial charge on any atom is -0.504 e. The molecule has 0 radical (unpaired) electrons. The normalized spacial score (nSPS) is 10.3. The molecule has 0 saturated carbocycles. The van der Waals surface area contributed by atoms with Crippen molar-refractivity contribution in [3.05, 3.63) is 54.1 Å². The van der Waals surface area contributed by atoms with E-state index >= 15 is 0 Å². The van der Waals surface area contributed by atoms with Crippen molar-refractivity contribution in [2.24, 2.45) is 5.10 Å². The van der Waals surface area contributed by atoms with Crippen LogP contribution >= 0.6 is 0 Å². The first kappa shape index (κ1) is 14.4. The SMILES string of the molecule is COc1cc(/C=N/NC(=O)Nc2ccccc2)ccc1O. The molecule has 0 aliphatic heterocycles. The number of carbonyl (C=O) groups excluding carboxylic acids is 1. The van der Waals surface area contributed by atoms with E-state index in [0.717, 1.165) is 0 Å². The highest BCUT2D eigenvalue weighted by Gasteiger charge is 2.01. The molecule has 2 rings (SSSR count). The molecule has 0 aliphatic carbocycles. The molecule has 0 unspecified atom stereocenters. The van der Waals surface area contributed by atoms with Crippen LogP contribution in [0.25, 0.3) is 0 Å². The van der Waals surface area contributed by atoms with Crippen molar-refractivity contribution in [3.63, 3.8) is 0 Å². The fraction of sp³-hybridized carbons (Fsp3) is 0.0667. The van der Waals surface area contributed by atoms with Crippen LogP contribution in [-0.4, -0.2) is 24.5 Å². The van der Waals surface area contributed by atoms with Crippen molar-refractivity contribution in [2.75, 3.05) is 12.4 Å². The number of nitrogens with one attached hydrogen (secondary N) is 2. The standard InChI is InChI=1S/C15H15N3O3/c1-21-14-9-11(7-8-13(14)19)10-16-18-15(20)17-12-5-3-2-4-6-12/h2-10,19H,1H3,(H2,17,18,20)/b16-10+. The number of anilines is 1. The molecule has 2 amide bonds. The molecule has 2 aromatic carbocycles. The predicted octanol–water partition coefficient (Wildman–Crippen LogP) is 2.56. The summed E-state index contributed by atoms with van der Waals surface area (Å²) in [6.45, 7) is 0. The number of amides is 2. The Kier molecular flexibility index (Phi) is 4.76. The highest BCUT2D eigenvalue weighted by atomic mass is 16.5. The van der Waals surface area contributed by atoms with Crippen LogP contribution in [0.2, 0.25) is 0 Å². The largest absolute Gasteiger partial charge is 0.504 e. The average molecular weight is 285 g/mol. The van der Waals surface area contributed by atoms with Gasteiger partial charge < -0.3 is 15.2 Å². The maximum atomic E-state index is 11.6. The summed E-state index contributed by atoms with van der Waals surface area (Å²) < 4.78 is 4.98. The Morgan fingerprint density at radius 2 is 2.00 bits per heavy atom. The van der Waals surface area contributed by atoms with Gasteiger partial charge in [0.2, 0.25) is 0 Å². The van der Waals surface area contributed by atoms with Crippen molar-refractivity contribution >= 4 is 17.9 Å². The summed E-state index contributed by atoms with van der Waals surface area (Å²) in [6.07, 6.45) is 1.45. The number of phenolic OH excluding ortho intramolecular Hbond substituents is 1. The topological polar surface area (TPSA) is 83.0 Å². The van der Waals surface area contributed by atoms with E-state index in [1.54, 1.807) is 24.3 Å². The molecule has 3 N–H and O–H groups in total. The lowest BCUT2D eigenvalue weighted by Crippen LogP contribution is -2.24. The van der Waals surface area contributed by atoms with E-state index < -0.39 is 6.03 Å². The number of hydrogen-bond acceptors (Lipinski definition) is 4. The van der Waals surface area contributed by atoms with E-state index in [0.29, 0.717) is 17.0 Å². The highest BCUT2D eigenvalue weighted by Crippen LogP contribution is 2.25. The number of hydrogen-bond donors (Lipinski definition) is 3. The summed E-state index contributed by atoms with van der Waals surface area (Å²) in [5, 5.41) is 15.9. The van der Waals surface area contributed by atoms with Gasteiger partial charge in [-0.2, -0.15) is 5.10 Å². The van der Waals surface area contributed by atoms with Gasteiger partial charge in [0.15, 0.2) is 11.5 Å². The van der Waals surface area contributed by atoms with Gasteiger partial charge in [-0.15, -0.1) is 0 Å². The van der Waals surface area contributed by atoms with Gasteiger partial charge >= 0.3 is 6.03 Å². The maximum absolute atomic E-state index is 11.6. The number of methoxy groups -OCH3 is 1. The molecule has 0 heterocycles. The van der Waals surface area contributed by atoms with Crippen molar-refractivity contribution in [3.8, 4) is 11.5 Å². The fourth-order valence-electron chi connectivity index (χ4n) is 1.62. The van der Waals surface area contributed by atoms with Crippen LogP contribution in [0.4, 0.5) is 10.5 Å². The zero-order valence-corrected chi connectivity index (χ0v) is 11.4. The molecule has 2 aromatic rings. The number of aromatic hydroxyl groups is 1. The number of ether oxygens (including phenoxy) is 1. The number of urea groups is 1. The summed E-state index contributed by atoms with van der Waals surface area (Å²) in [5.41, 5.74) is 3.71. The third kappa shape index (κ3) is 4.24. The Labute approximate surface area is 122 Å². The van der Waals surface area contributed by atoms with Crippen LogP contribution in [0.15, 0.2) is 53.6 Å². The van der Waals surface area contributed by atoms with E-state index in [4.69, 9.17) is 4.74 Å². The number of hydrazone groups is 1. The molecule has 108 valence electrons. The average Bonchev–Trinajstić information content (AvgIpc) is 2.50. The van der Waals surface area contributed by atoms with Gasteiger partial charge in [-0.25, -0.2) is 10.2 Å². The van der Waals surface area contributed by atoms with Gasteiger partial charge in [-0.3, -0.25) is 0 Å². The Morgan fingerprint density at radius 1 is 1.24 bits per heavy atom. The van der Waals surface area contributed by atoms with Crippen LogP contribution in [0, 0.1) is 0 Å². The molecule has 0 atom stereocenters. The van der Waals surface area contributed by atoms with E-state index in [1.807, 2.05) is 18.2 Å². The molecule has 0 aromatic heterocycles. The molecule has 0 saturated heterocycles. The number of para-hydroxylation sites is 1. The van der Waals surface area contributed by atoms with Crippen molar-refractivity contribution in [2.45, 2.75) is 0 Å². The smallest absolute Gasteiger partial charge is 0.339 e. The second kappa shape index (κ2) is 6.95. The van der Waals surface area contributed by atoms with Gasteiger partial charge in [0.05, 0.1) is 13.3 Å². The second-order valence-electron chi connectivity index (χ2n) is 4.12. The van der Waals surface area contributed by atoms with Crippen LogP contribution < -0.4 is 15.5 Å². The van der Waals surface area contributed by atoms with Crippen LogP contribution in [0.1, 0.15) is 5.56 Å². The zero-order valence-electron chi connectivity index (χ0n) is 11.4. The summed E-state index contributed by atoms with van der Waals surface area (Å²) in [7, 11) is 1.46. The lowest BCUT2D eigenvalue weighted by atomic mass is 10.2. The molecule has 21 heavy (non-hydrogen) atoms. The van der Waals surface area contributed by atoms with E-state index in [9.17, 15) is 9.90 Å². The fourth-order valence-corrected chi connectivity index (χ4v) is 1.62. The van der Waals surface area contributed by atoms with Crippen molar-refractivity contribution in [1.82, 2.24) is 5.43 Å². The number of nitrogens with zero attached hydrogens (tertiary/aromatic N) is 1. The summed E-state index contributed by atoms with van der Waals surface area (Å²) in [6, 6.07) is 13.4. The first-order chi connectivity index (χ1) is 10.2. The Hall–Kier alpha value is -3.02. The first-order valence-electron chi connectivity index (χ1n) is 6.21. The molecule has 0 spiro atoms. The molecule has 6 heteroatoms. The number of benzene rings is 2. The number of carbonyl (C=O) groups is 1. The minimum atomic E-state index is -0.441. The molecule has 0 bridgehead atoms. The first-order valence-corrected chi connectivity index (χ1v) is 6.21. The summed E-state index contributed by atoms with van der Waals surface area (Å²) >= 11 is 0. The minimum absolute atomic E-state index is 0.0458. The molecular formula is C15H15N3O3. The highest BCUT2D eigenvalue weighted by molar-refractivity contribution is 5.90. The van der Waals surface area contributed by atoms with Crippen LogP contribution in [-0.2, 0) is 0 Å².